The molecule has 0 radical (unpaired) electrons. The Kier molecular flexibility index (Phi) is 6.52. The molecule has 0 saturated carbocycles. The molecule has 188 valence electrons. The molecule has 8 heteroatoms. The molecule has 1 unspecified atom stereocenters. The summed E-state index contributed by atoms with van der Waals surface area (Å²) in [5.74, 6) is -0.928. The fraction of sp³-hybridized carbons (Fsp3) is 0.207. The van der Waals surface area contributed by atoms with Crippen molar-refractivity contribution in [1.82, 2.24) is 4.98 Å². The lowest BCUT2D eigenvalue weighted by Crippen LogP contribution is -2.29. The first-order valence-corrected chi connectivity index (χ1v) is 13.0. The molecule has 4 aromatic rings. The van der Waals surface area contributed by atoms with Gasteiger partial charge in [-0.05, 0) is 60.4 Å². The van der Waals surface area contributed by atoms with Gasteiger partial charge in [0, 0.05) is 10.6 Å². The number of anilines is 1. The van der Waals surface area contributed by atoms with Crippen molar-refractivity contribution in [2.24, 2.45) is 0 Å². The summed E-state index contributed by atoms with van der Waals surface area (Å²) in [5, 5.41) is 12.4. The molecule has 1 aromatic heterocycles. The fourth-order valence-electron chi connectivity index (χ4n) is 4.66. The molecule has 0 spiro atoms. The molecule has 3 aromatic carbocycles. The van der Waals surface area contributed by atoms with Crippen LogP contribution in [0, 0.1) is 6.92 Å². The number of carbonyl (C=O) groups is 2. The first kappa shape index (κ1) is 25.0. The first-order valence-electron chi connectivity index (χ1n) is 11.8. The van der Waals surface area contributed by atoms with E-state index in [0.29, 0.717) is 32.5 Å². The lowest BCUT2D eigenvalue weighted by atomic mass is 9.92. The molecule has 37 heavy (non-hydrogen) atoms. The van der Waals surface area contributed by atoms with E-state index in [4.69, 9.17) is 16.3 Å². The molecule has 1 saturated heterocycles. The van der Waals surface area contributed by atoms with Crippen LogP contribution in [-0.2, 0) is 9.59 Å². The van der Waals surface area contributed by atoms with Crippen LogP contribution in [0.15, 0.2) is 66.2 Å². The number of methoxy groups -OCH3 is 1. The minimum atomic E-state index is -0.847. The molecular weight excluding hydrogens is 508 g/mol. The van der Waals surface area contributed by atoms with Crippen molar-refractivity contribution in [1.29, 1.82) is 0 Å². The van der Waals surface area contributed by atoms with Crippen LogP contribution in [0.5, 0.6) is 5.75 Å². The van der Waals surface area contributed by atoms with Crippen molar-refractivity contribution in [2.45, 2.75) is 32.7 Å². The van der Waals surface area contributed by atoms with Crippen LogP contribution < -0.4 is 9.64 Å². The number of benzene rings is 3. The molecule has 1 atom stereocenters. The van der Waals surface area contributed by atoms with Gasteiger partial charge in [-0.15, -0.1) is 0 Å². The summed E-state index contributed by atoms with van der Waals surface area (Å²) in [6, 6.07) is 17.3. The molecule has 1 N–H and O–H groups in total. The number of aliphatic hydroxyl groups is 1. The highest BCUT2D eigenvalue weighted by molar-refractivity contribution is 7.22. The van der Waals surface area contributed by atoms with E-state index >= 15 is 0 Å². The molecule has 6 nitrogen and oxygen atoms in total. The van der Waals surface area contributed by atoms with Gasteiger partial charge >= 0.3 is 5.91 Å². The van der Waals surface area contributed by atoms with Gasteiger partial charge in [0.05, 0.1) is 28.9 Å². The lowest BCUT2D eigenvalue weighted by Gasteiger charge is -2.23. The van der Waals surface area contributed by atoms with Crippen molar-refractivity contribution in [3.8, 4) is 5.75 Å². The number of hydrogen-bond donors (Lipinski definition) is 1. The van der Waals surface area contributed by atoms with Gasteiger partial charge in [0.1, 0.15) is 11.5 Å². The highest BCUT2D eigenvalue weighted by Gasteiger charge is 2.48. The van der Waals surface area contributed by atoms with E-state index in [1.165, 1.54) is 16.2 Å². The summed E-state index contributed by atoms with van der Waals surface area (Å²) in [5.41, 5.74) is 3.69. The number of fused-ring (bicyclic) bond motifs is 1. The predicted octanol–water partition coefficient (Wildman–Crippen LogP) is 7.02. The van der Waals surface area contributed by atoms with Crippen LogP contribution in [0.1, 0.15) is 48.1 Å². The van der Waals surface area contributed by atoms with Gasteiger partial charge in [-0.3, -0.25) is 14.5 Å². The normalized spacial score (nSPS) is 17.2. The average molecular weight is 533 g/mol. The topological polar surface area (TPSA) is 79.7 Å². The highest BCUT2D eigenvalue weighted by Crippen LogP contribution is 2.45. The first-order chi connectivity index (χ1) is 17.7. The number of amides is 1. The van der Waals surface area contributed by atoms with Gasteiger partial charge < -0.3 is 9.84 Å². The quantitative estimate of drug-likeness (QED) is 0.170. The van der Waals surface area contributed by atoms with Crippen LogP contribution in [0.25, 0.3) is 16.0 Å². The third kappa shape index (κ3) is 4.38. The van der Waals surface area contributed by atoms with E-state index in [1.807, 2.05) is 45.0 Å². The number of aryl methyl sites for hydroxylation is 1. The number of nitrogens with zero attached hydrogens (tertiary/aromatic N) is 2. The molecule has 1 aliphatic heterocycles. The SMILES string of the molecule is COc1ccc(/C(O)=C2\C(=O)C(=O)N(c3nc4ccc(Cl)cc4s3)C2c2cccc(C)c2)cc1C(C)C. The van der Waals surface area contributed by atoms with Gasteiger partial charge in [-0.25, -0.2) is 4.98 Å². The number of rotatable bonds is 5. The molecule has 5 rings (SSSR count). The van der Waals surface area contributed by atoms with Gasteiger partial charge in [0.15, 0.2) is 5.13 Å². The minimum absolute atomic E-state index is 0.0211. The maximum absolute atomic E-state index is 13.5. The van der Waals surface area contributed by atoms with Gasteiger partial charge in [-0.2, -0.15) is 0 Å². The van der Waals surface area contributed by atoms with Crippen LogP contribution in [0.4, 0.5) is 5.13 Å². The zero-order valence-electron chi connectivity index (χ0n) is 20.8. The molecular formula is C29H25ClN2O4S. The number of Topliss-reactive ketones (excluding diaryl/α,β-unsaturated/α-hetero) is 1. The summed E-state index contributed by atoms with van der Waals surface area (Å²) in [6.07, 6.45) is 0. The van der Waals surface area contributed by atoms with Crippen LogP contribution in [0.2, 0.25) is 5.02 Å². The summed E-state index contributed by atoms with van der Waals surface area (Å²) in [6.45, 7) is 5.98. The molecule has 1 aliphatic rings. The number of aliphatic hydroxyl groups excluding tert-OH is 1. The summed E-state index contributed by atoms with van der Waals surface area (Å²) >= 11 is 7.44. The van der Waals surface area contributed by atoms with E-state index in [1.54, 1.807) is 43.5 Å². The molecule has 1 amide bonds. The number of thiazole rings is 1. The van der Waals surface area contributed by atoms with Crippen molar-refractivity contribution in [3.05, 3.63) is 93.5 Å². The fourth-order valence-corrected chi connectivity index (χ4v) is 5.93. The Morgan fingerprint density at radius 1 is 1.11 bits per heavy atom. The smallest absolute Gasteiger partial charge is 0.301 e. The Morgan fingerprint density at radius 2 is 1.89 bits per heavy atom. The van der Waals surface area contributed by atoms with Gasteiger partial charge in [0.25, 0.3) is 5.78 Å². The Labute approximate surface area is 223 Å². The maximum Gasteiger partial charge on any atom is 0.301 e. The Balaban J connectivity index is 1.73. The second-order valence-corrected chi connectivity index (χ2v) is 10.7. The van der Waals surface area contributed by atoms with Crippen molar-refractivity contribution in [3.63, 3.8) is 0 Å². The summed E-state index contributed by atoms with van der Waals surface area (Å²) < 4.78 is 6.27. The summed E-state index contributed by atoms with van der Waals surface area (Å²) in [4.78, 5) is 33.0. The Morgan fingerprint density at radius 3 is 2.59 bits per heavy atom. The largest absolute Gasteiger partial charge is 0.507 e. The second kappa shape index (κ2) is 9.65. The minimum Gasteiger partial charge on any atom is -0.507 e. The van der Waals surface area contributed by atoms with Gasteiger partial charge in [0.2, 0.25) is 0 Å². The Bertz CT molecular complexity index is 1590. The third-order valence-corrected chi connectivity index (χ3v) is 7.73. The van der Waals surface area contributed by atoms with E-state index in [9.17, 15) is 14.7 Å². The predicted molar refractivity (Wildman–Crippen MR) is 148 cm³/mol. The van der Waals surface area contributed by atoms with Crippen LogP contribution in [0.3, 0.4) is 0 Å². The lowest BCUT2D eigenvalue weighted by molar-refractivity contribution is -0.132. The summed E-state index contributed by atoms with van der Waals surface area (Å²) in [7, 11) is 1.59. The molecule has 0 bridgehead atoms. The zero-order valence-corrected chi connectivity index (χ0v) is 22.4. The zero-order chi connectivity index (χ0) is 26.4. The van der Waals surface area contributed by atoms with Crippen molar-refractivity contribution in [2.75, 3.05) is 12.0 Å². The molecule has 1 fully saturated rings. The van der Waals surface area contributed by atoms with Crippen molar-refractivity contribution < 1.29 is 19.4 Å². The van der Waals surface area contributed by atoms with E-state index in [2.05, 4.69) is 4.98 Å². The van der Waals surface area contributed by atoms with Crippen molar-refractivity contribution >= 4 is 55.7 Å². The Hall–Kier alpha value is -3.68. The van der Waals surface area contributed by atoms with Crippen LogP contribution in [-0.4, -0.2) is 28.9 Å². The van der Waals surface area contributed by atoms with E-state index < -0.39 is 17.7 Å². The van der Waals surface area contributed by atoms with Gasteiger partial charge in [-0.1, -0.05) is 66.6 Å². The second-order valence-electron chi connectivity index (χ2n) is 9.30. The number of hydrogen-bond acceptors (Lipinski definition) is 6. The number of aromatic nitrogens is 1. The number of carbonyl (C=O) groups excluding carboxylic acids is 2. The standard InChI is InChI=1S/C29H25ClN2O4S/c1-15(2)20-13-18(8-11-22(20)36-4)26(33)24-25(17-7-5-6-16(3)12-17)32(28(35)27(24)34)29-31-21-10-9-19(30)14-23(21)37-29/h5-15,25,33H,1-4H3/b26-24+. The molecule has 0 aliphatic carbocycles. The monoisotopic (exact) mass is 532 g/mol. The number of halogens is 1. The molecule has 2 heterocycles. The van der Waals surface area contributed by atoms with E-state index in [0.717, 1.165) is 15.8 Å². The third-order valence-electron chi connectivity index (χ3n) is 6.47. The number of ketones is 1. The van der Waals surface area contributed by atoms with Crippen LogP contribution >= 0.6 is 22.9 Å². The van der Waals surface area contributed by atoms with E-state index in [-0.39, 0.29) is 17.3 Å². The maximum atomic E-state index is 13.5. The highest BCUT2D eigenvalue weighted by atomic mass is 35.5. The number of ether oxygens (including phenoxy) is 1. The average Bonchev–Trinajstić information content (AvgIpc) is 3.40.